The van der Waals surface area contributed by atoms with Crippen LogP contribution in [0.1, 0.15) is 0 Å². The molecule has 2 heterocycles. The molecule has 0 aliphatic heterocycles. The van der Waals surface area contributed by atoms with E-state index in [2.05, 4.69) is 34.2 Å². The molecule has 0 spiro atoms. The van der Waals surface area contributed by atoms with Crippen LogP contribution in [-0.2, 0) is 0 Å². The van der Waals surface area contributed by atoms with E-state index < -0.39 is 0 Å². The molecule has 3 heteroatoms. The third kappa shape index (κ3) is 1.57. The maximum absolute atomic E-state index is 5.75. The van der Waals surface area contributed by atoms with Gasteiger partial charge in [-0.25, -0.2) is 0 Å². The van der Waals surface area contributed by atoms with Crippen LogP contribution in [-0.4, -0.2) is 9.97 Å². The smallest absolute Gasteiger partial charge is 0.0943 e. The number of pyridine rings is 1. The zero-order valence-corrected chi connectivity index (χ0v) is 10.8. The van der Waals surface area contributed by atoms with Gasteiger partial charge < -0.3 is 10.7 Å². The molecule has 0 aliphatic rings. The van der Waals surface area contributed by atoms with Gasteiger partial charge >= 0.3 is 0 Å². The van der Waals surface area contributed by atoms with Gasteiger partial charge in [-0.2, -0.15) is 0 Å². The molecule has 4 aromatic rings. The predicted molar refractivity (Wildman–Crippen MR) is 83.4 cm³/mol. The monoisotopic (exact) mass is 259 g/mol. The molecule has 0 bridgehead atoms. The van der Waals surface area contributed by atoms with Gasteiger partial charge in [-0.15, -0.1) is 0 Å². The molecule has 3 nitrogen and oxygen atoms in total. The maximum Gasteiger partial charge on any atom is 0.0943 e. The number of hydrogen-bond donors (Lipinski definition) is 2. The number of anilines is 1. The Balaban J connectivity index is 2.07. The summed E-state index contributed by atoms with van der Waals surface area (Å²) in [6, 6.07) is 18.2. The van der Waals surface area contributed by atoms with Crippen LogP contribution in [0, 0.1) is 0 Å². The number of rotatable bonds is 1. The van der Waals surface area contributed by atoms with Gasteiger partial charge in [0.15, 0.2) is 0 Å². The van der Waals surface area contributed by atoms with Crippen molar-refractivity contribution in [3.8, 4) is 11.3 Å². The maximum atomic E-state index is 5.75. The van der Waals surface area contributed by atoms with Gasteiger partial charge in [0, 0.05) is 33.7 Å². The summed E-state index contributed by atoms with van der Waals surface area (Å²) in [5.74, 6) is 0. The van der Waals surface area contributed by atoms with Crippen molar-refractivity contribution in [2.24, 2.45) is 0 Å². The molecular formula is C17H13N3. The zero-order chi connectivity index (χ0) is 13.5. The lowest BCUT2D eigenvalue weighted by atomic mass is 10.1. The molecule has 2 aromatic heterocycles. The standard InChI is InChI=1S/C17H13N3/c18-12-7-5-11(6-8-12)16-17-14(9-10-19-16)13-3-1-2-4-15(13)20-17/h1-10,20H,18H2. The second kappa shape index (κ2) is 4.10. The van der Waals surface area contributed by atoms with E-state index in [4.69, 9.17) is 5.73 Å². The first-order chi connectivity index (χ1) is 9.83. The van der Waals surface area contributed by atoms with E-state index >= 15 is 0 Å². The van der Waals surface area contributed by atoms with Gasteiger partial charge in [0.25, 0.3) is 0 Å². The fourth-order valence-corrected chi connectivity index (χ4v) is 2.63. The highest BCUT2D eigenvalue weighted by atomic mass is 14.8. The van der Waals surface area contributed by atoms with E-state index in [0.29, 0.717) is 0 Å². The van der Waals surface area contributed by atoms with Gasteiger partial charge in [0.2, 0.25) is 0 Å². The van der Waals surface area contributed by atoms with Gasteiger partial charge in [0.1, 0.15) is 0 Å². The van der Waals surface area contributed by atoms with Crippen molar-refractivity contribution in [2.75, 3.05) is 5.73 Å². The highest BCUT2D eigenvalue weighted by Crippen LogP contribution is 2.31. The van der Waals surface area contributed by atoms with Crippen LogP contribution in [0.15, 0.2) is 60.8 Å². The Bertz CT molecular complexity index is 904. The van der Waals surface area contributed by atoms with E-state index in [1.54, 1.807) is 0 Å². The lowest BCUT2D eigenvalue weighted by Crippen LogP contribution is -1.87. The normalized spacial score (nSPS) is 11.2. The number of aromatic amines is 1. The van der Waals surface area contributed by atoms with Crippen LogP contribution in [0.25, 0.3) is 33.1 Å². The molecule has 4 rings (SSSR count). The molecule has 0 fully saturated rings. The number of aromatic nitrogens is 2. The molecule has 96 valence electrons. The minimum absolute atomic E-state index is 0.762. The molecular weight excluding hydrogens is 246 g/mol. The Hall–Kier alpha value is -2.81. The van der Waals surface area contributed by atoms with Crippen molar-refractivity contribution in [3.05, 3.63) is 60.8 Å². The highest BCUT2D eigenvalue weighted by molar-refractivity contribution is 6.10. The summed E-state index contributed by atoms with van der Waals surface area (Å²) in [5, 5.41) is 2.42. The number of nitrogens with one attached hydrogen (secondary N) is 1. The number of para-hydroxylation sites is 1. The van der Waals surface area contributed by atoms with Crippen molar-refractivity contribution in [1.82, 2.24) is 9.97 Å². The van der Waals surface area contributed by atoms with Crippen molar-refractivity contribution < 1.29 is 0 Å². The van der Waals surface area contributed by atoms with Crippen molar-refractivity contribution in [2.45, 2.75) is 0 Å². The minimum atomic E-state index is 0.762. The number of hydrogen-bond acceptors (Lipinski definition) is 2. The van der Waals surface area contributed by atoms with Crippen molar-refractivity contribution in [3.63, 3.8) is 0 Å². The van der Waals surface area contributed by atoms with E-state index in [-0.39, 0.29) is 0 Å². The molecule has 0 unspecified atom stereocenters. The topological polar surface area (TPSA) is 54.7 Å². The molecule has 0 radical (unpaired) electrons. The summed E-state index contributed by atoms with van der Waals surface area (Å²) in [6.07, 6.45) is 1.86. The van der Waals surface area contributed by atoms with Gasteiger partial charge in [-0.1, -0.05) is 30.3 Å². The summed E-state index contributed by atoms with van der Waals surface area (Å²) < 4.78 is 0. The minimum Gasteiger partial charge on any atom is -0.399 e. The number of H-pyrrole nitrogens is 1. The van der Waals surface area contributed by atoms with Gasteiger partial charge in [0.05, 0.1) is 11.2 Å². The van der Waals surface area contributed by atoms with Crippen LogP contribution >= 0.6 is 0 Å². The summed E-state index contributed by atoms with van der Waals surface area (Å²) in [4.78, 5) is 8.00. The summed E-state index contributed by atoms with van der Waals surface area (Å²) >= 11 is 0. The number of nitrogen functional groups attached to an aromatic ring is 1. The Morgan fingerprint density at radius 2 is 1.65 bits per heavy atom. The zero-order valence-electron chi connectivity index (χ0n) is 10.8. The van der Waals surface area contributed by atoms with Crippen LogP contribution in [0.3, 0.4) is 0 Å². The SMILES string of the molecule is Nc1ccc(-c2nccc3c2[nH]c2ccccc23)cc1. The number of nitrogens with two attached hydrogens (primary N) is 1. The molecule has 0 amide bonds. The predicted octanol–water partition coefficient (Wildman–Crippen LogP) is 3.97. The number of nitrogens with zero attached hydrogens (tertiary/aromatic N) is 1. The third-order valence-corrected chi connectivity index (χ3v) is 3.61. The van der Waals surface area contributed by atoms with Gasteiger partial charge in [-0.3, -0.25) is 4.98 Å². The van der Waals surface area contributed by atoms with Crippen LogP contribution < -0.4 is 5.73 Å². The van der Waals surface area contributed by atoms with E-state index in [0.717, 1.165) is 28.0 Å². The van der Waals surface area contributed by atoms with Crippen molar-refractivity contribution in [1.29, 1.82) is 0 Å². The fourth-order valence-electron chi connectivity index (χ4n) is 2.63. The van der Waals surface area contributed by atoms with Crippen LogP contribution in [0.2, 0.25) is 0 Å². The summed E-state index contributed by atoms with van der Waals surface area (Å²) in [5.41, 5.74) is 10.7. The Morgan fingerprint density at radius 1 is 0.850 bits per heavy atom. The average molecular weight is 259 g/mol. The Labute approximate surface area is 116 Å². The largest absolute Gasteiger partial charge is 0.399 e. The van der Waals surface area contributed by atoms with E-state index in [9.17, 15) is 0 Å². The van der Waals surface area contributed by atoms with Crippen LogP contribution in [0.4, 0.5) is 5.69 Å². The van der Waals surface area contributed by atoms with Crippen LogP contribution in [0.5, 0.6) is 0 Å². The highest BCUT2D eigenvalue weighted by Gasteiger charge is 2.10. The lowest BCUT2D eigenvalue weighted by Gasteiger charge is -2.03. The number of benzene rings is 2. The Kier molecular flexibility index (Phi) is 2.27. The van der Waals surface area contributed by atoms with E-state index in [1.165, 1.54) is 10.8 Å². The second-order valence-corrected chi connectivity index (χ2v) is 4.87. The number of fused-ring (bicyclic) bond motifs is 3. The molecule has 2 aromatic carbocycles. The molecule has 20 heavy (non-hydrogen) atoms. The average Bonchev–Trinajstić information content (AvgIpc) is 2.87. The van der Waals surface area contributed by atoms with Gasteiger partial charge in [-0.05, 0) is 24.3 Å². The quantitative estimate of drug-likeness (QED) is 0.508. The molecule has 0 atom stereocenters. The lowest BCUT2D eigenvalue weighted by molar-refractivity contribution is 1.34. The molecule has 3 N–H and O–H groups in total. The first kappa shape index (κ1) is 11.1. The first-order valence-electron chi connectivity index (χ1n) is 6.54. The fraction of sp³-hybridized carbons (Fsp3) is 0. The van der Waals surface area contributed by atoms with E-state index in [1.807, 2.05) is 36.5 Å². The summed E-state index contributed by atoms with van der Waals surface area (Å²) in [7, 11) is 0. The first-order valence-corrected chi connectivity index (χ1v) is 6.54. The molecule has 0 aliphatic carbocycles. The molecule has 0 saturated carbocycles. The summed E-state index contributed by atoms with van der Waals surface area (Å²) in [6.45, 7) is 0. The third-order valence-electron chi connectivity index (χ3n) is 3.61. The second-order valence-electron chi connectivity index (χ2n) is 4.87. The molecule has 0 saturated heterocycles. The Morgan fingerprint density at radius 3 is 2.50 bits per heavy atom. The van der Waals surface area contributed by atoms with Crippen molar-refractivity contribution >= 4 is 27.5 Å².